The smallest absolute Gasteiger partial charge is 0.344 e. The minimum absolute atomic E-state index is 0.509. The molecule has 0 aliphatic carbocycles. The zero-order chi connectivity index (χ0) is 16.1. The summed E-state index contributed by atoms with van der Waals surface area (Å²) in [5.74, 6) is 0.520. The van der Waals surface area contributed by atoms with E-state index in [-0.39, 0.29) is 0 Å². The van der Waals surface area contributed by atoms with Crippen molar-refractivity contribution >= 4 is 29.3 Å². The molecule has 0 aliphatic rings. The van der Waals surface area contributed by atoms with Gasteiger partial charge in [0.2, 0.25) is 0 Å². The highest BCUT2D eigenvalue weighted by Crippen LogP contribution is 2.34. The van der Waals surface area contributed by atoms with Gasteiger partial charge in [0, 0.05) is 15.5 Å². The van der Waals surface area contributed by atoms with Crippen molar-refractivity contribution in [2.45, 2.75) is 24.8 Å². The number of hydrogen-bond donors (Lipinski definition) is 1. The fraction of sp³-hybridized carbons (Fsp3) is 0.235. The lowest BCUT2D eigenvalue weighted by Crippen LogP contribution is -2.23. The normalized spacial score (nSPS) is 12.0. The number of thioether (sulfide) groups is 1. The van der Waals surface area contributed by atoms with Gasteiger partial charge in [-0.3, -0.25) is 0 Å². The summed E-state index contributed by atoms with van der Waals surface area (Å²) in [5, 5.41) is 9.58. The van der Waals surface area contributed by atoms with Crippen LogP contribution < -0.4 is 4.74 Å². The molecule has 2 rings (SSSR count). The molecule has 116 valence electrons. The number of halogens is 1. The summed E-state index contributed by atoms with van der Waals surface area (Å²) < 4.78 is 5.53. The van der Waals surface area contributed by atoms with Crippen LogP contribution in [0.1, 0.15) is 13.8 Å². The monoisotopic (exact) mass is 336 g/mol. The molecule has 0 amide bonds. The Morgan fingerprint density at radius 1 is 1.27 bits per heavy atom. The molecular weight excluding hydrogens is 320 g/mol. The van der Waals surface area contributed by atoms with Gasteiger partial charge in [0.25, 0.3) is 0 Å². The first kappa shape index (κ1) is 16.7. The van der Waals surface area contributed by atoms with Gasteiger partial charge < -0.3 is 9.84 Å². The number of ether oxygens (including phenoxy) is 1. The van der Waals surface area contributed by atoms with Crippen molar-refractivity contribution in [3.8, 4) is 16.9 Å². The van der Waals surface area contributed by atoms with Crippen LogP contribution in [0.3, 0.4) is 0 Å². The fourth-order valence-corrected chi connectivity index (χ4v) is 2.80. The lowest BCUT2D eigenvalue weighted by atomic mass is 10.0. The van der Waals surface area contributed by atoms with Gasteiger partial charge in [-0.2, -0.15) is 0 Å². The molecule has 0 radical (unpaired) electrons. The maximum atomic E-state index is 11.0. The molecule has 22 heavy (non-hydrogen) atoms. The Labute approximate surface area is 139 Å². The number of carboxylic acid groups (broad SMARTS) is 1. The highest BCUT2D eigenvalue weighted by atomic mass is 35.5. The van der Waals surface area contributed by atoms with Crippen LogP contribution in [0.2, 0.25) is 5.02 Å². The first-order valence-electron chi connectivity index (χ1n) is 6.93. The van der Waals surface area contributed by atoms with E-state index in [1.54, 1.807) is 30.0 Å². The Balaban J connectivity index is 2.36. The summed E-state index contributed by atoms with van der Waals surface area (Å²) in [5.41, 5.74) is 1.73. The molecule has 3 nitrogen and oxygen atoms in total. The van der Waals surface area contributed by atoms with Crippen LogP contribution in [0, 0.1) is 0 Å². The maximum Gasteiger partial charge on any atom is 0.344 e. The number of carbonyl (C=O) groups is 1. The van der Waals surface area contributed by atoms with Crippen molar-refractivity contribution in [1.82, 2.24) is 0 Å². The molecule has 1 N–H and O–H groups in total. The third-order valence-electron chi connectivity index (χ3n) is 3.07. The SMILES string of the molecule is CCSc1ccc(-c2cc(Cl)ccc2OC(C)C(=O)O)cc1. The second kappa shape index (κ2) is 7.56. The maximum absolute atomic E-state index is 11.0. The van der Waals surface area contributed by atoms with E-state index < -0.39 is 12.1 Å². The number of aliphatic carboxylic acids is 1. The summed E-state index contributed by atoms with van der Waals surface area (Å²) in [7, 11) is 0. The quantitative estimate of drug-likeness (QED) is 0.756. The number of carboxylic acids is 1. The first-order valence-corrected chi connectivity index (χ1v) is 8.30. The van der Waals surface area contributed by atoms with Crippen LogP contribution in [-0.2, 0) is 4.79 Å². The fourth-order valence-electron chi connectivity index (χ4n) is 1.97. The minimum Gasteiger partial charge on any atom is -0.479 e. The molecule has 0 spiro atoms. The standard InChI is InChI=1S/C17H17ClO3S/c1-3-22-14-7-4-12(5-8-14)15-10-13(18)6-9-16(15)21-11(2)17(19)20/h4-11H,3H2,1-2H3,(H,19,20). The first-order chi connectivity index (χ1) is 10.5. The van der Waals surface area contributed by atoms with Gasteiger partial charge in [-0.15, -0.1) is 11.8 Å². The van der Waals surface area contributed by atoms with Crippen molar-refractivity contribution in [3.63, 3.8) is 0 Å². The van der Waals surface area contributed by atoms with E-state index in [9.17, 15) is 4.79 Å². The van der Waals surface area contributed by atoms with E-state index in [4.69, 9.17) is 21.4 Å². The number of benzene rings is 2. The molecule has 0 saturated carbocycles. The van der Waals surface area contributed by atoms with Crippen LogP contribution in [0.4, 0.5) is 0 Å². The Morgan fingerprint density at radius 2 is 1.95 bits per heavy atom. The molecule has 1 atom stereocenters. The number of rotatable bonds is 6. The van der Waals surface area contributed by atoms with Gasteiger partial charge in [0.15, 0.2) is 6.10 Å². The third-order valence-corrected chi connectivity index (χ3v) is 4.20. The molecule has 2 aromatic rings. The summed E-state index contributed by atoms with van der Waals surface area (Å²) >= 11 is 7.84. The molecule has 2 aromatic carbocycles. The summed E-state index contributed by atoms with van der Waals surface area (Å²) in [6.07, 6.45) is -0.921. The van der Waals surface area contributed by atoms with Gasteiger partial charge in [0.05, 0.1) is 0 Å². The van der Waals surface area contributed by atoms with E-state index in [0.29, 0.717) is 10.8 Å². The number of hydrogen-bond acceptors (Lipinski definition) is 3. The second-order valence-electron chi connectivity index (χ2n) is 4.70. The Kier molecular flexibility index (Phi) is 5.75. The van der Waals surface area contributed by atoms with Gasteiger partial charge in [-0.25, -0.2) is 4.79 Å². The van der Waals surface area contributed by atoms with Crippen LogP contribution in [0.25, 0.3) is 11.1 Å². The molecule has 0 heterocycles. The average molecular weight is 337 g/mol. The van der Waals surface area contributed by atoms with Crippen LogP contribution in [0.5, 0.6) is 5.75 Å². The van der Waals surface area contributed by atoms with Crippen molar-refractivity contribution in [2.24, 2.45) is 0 Å². The summed E-state index contributed by atoms with van der Waals surface area (Å²) in [6, 6.07) is 13.2. The summed E-state index contributed by atoms with van der Waals surface area (Å²) in [4.78, 5) is 12.2. The largest absolute Gasteiger partial charge is 0.479 e. The molecule has 0 aliphatic heterocycles. The lowest BCUT2D eigenvalue weighted by molar-refractivity contribution is -0.144. The predicted octanol–water partition coefficient (Wildman–Crippen LogP) is 4.97. The van der Waals surface area contributed by atoms with Crippen molar-refractivity contribution < 1.29 is 14.6 Å². The third kappa shape index (κ3) is 4.18. The average Bonchev–Trinajstić information content (AvgIpc) is 2.50. The van der Waals surface area contributed by atoms with Gasteiger partial charge >= 0.3 is 5.97 Å². The molecule has 5 heteroatoms. The van der Waals surface area contributed by atoms with E-state index in [2.05, 4.69) is 6.92 Å². The molecule has 0 saturated heterocycles. The highest BCUT2D eigenvalue weighted by Gasteiger charge is 2.16. The lowest BCUT2D eigenvalue weighted by Gasteiger charge is -2.15. The van der Waals surface area contributed by atoms with E-state index >= 15 is 0 Å². The van der Waals surface area contributed by atoms with Crippen molar-refractivity contribution in [1.29, 1.82) is 0 Å². The predicted molar refractivity (Wildman–Crippen MR) is 91.0 cm³/mol. The second-order valence-corrected chi connectivity index (χ2v) is 6.47. The topological polar surface area (TPSA) is 46.5 Å². The van der Waals surface area contributed by atoms with E-state index in [1.807, 2.05) is 24.3 Å². The van der Waals surface area contributed by atoms with Crippen LogP contribution >= 0.6 is 23.4 Å². The van der Waals surface area contributed by atoms with E-state index in [0.717, 1.165) is 16.9 Å². The van der Waals surface area contributed by atoms with Crippen molar-refractivity contribution in [3.05, 3.63) is 47.5 Å². The minimum atomic E-state index is -1.00. The summed E-state index contributed by atoms with van der Waals surface area (Å²) in [6.45, 7) is 3.61. The Hall–Kier alpha value is -1.65. The molecule has 1 unspecified atom stereocenters. The van der Waals surface area contributed by atoms with Crippen LogP contribution in [0.15, 0.2) is 47.4 Å². The zero-order valence-corrected chi connectivity index (χ0v) is 13.9. The Bertz CT molecular complexity index is 655. The van der Waals surface area contributed by atoms with Gasteiger partial charge in [-0.05, 0) is 48.6 Å². The molecule has 0 bridgehead atoms. The highest BCUT2D eigenvalue weighted by molar-refractivity contribution is 7.99. The van der Waals surface area contributed by atoms with E-state index in [1.165, 1.54) is 11.8 Å². The molecular formula is C17H17ClO3S. The zero-order valence-electron chi connectivity index (χ0n) is 12.4. The molecule has 0 fully saturated rings. The molecule has 0 aromatic heterocycles. The Morgan fingerprint density at radius 3 is 2.55 bits per heavy atom. The van der Waals surface area contributed by atoms with Crippen LogP contribution in [-0.4, -0.2) is 22.9 Å². The van der Waals surface area contributed by atoms with Crippen molar-refractivity contribution in [2.75, 3.05) is 5.75 Å². The van der Waals surface area contributed by atoms with Gasteiger partial charge in [-0.1, -0.05) is 30.7 Å². The van der Waals surface area contributed by atoms with Gasteiger partial charge in [0.1, 0.15) is 5.75 Å².